The summed E-state index contributed by atoms with van der Waals surface area (Å²) in [7, 11) is 0. The second-order valence-electron chi connectivity index (χ2n) is 12.9. The largest absolute Gasteiger partial charge is 0.490 e. The minimum atomic E-state index is -0.374. The molecule has 0 saturated carbocycles. The fourth-order valence-corrected chi connectivity index (χ4v) is 5.77. The number of hydrogen-bond acceptors (Lipinski definition) is 4. The van der Waals surface area contributed by atoms with Crippen molar-refractivity contribution in [2.45, 2.75) is 168 Å². The number of carbonyl (C=O) groups excluding carboxylic acids is 1. The average Bonchev–Trinajstić information content (AvgIpc) is 3.06. The van der Waals surface area contributed by atoms with Crippen LogP contribution in [0.3, 0.4) is 0 Å². The molecule has 0 aromatic heterocycles. The van der Waals surface area contributed by atoms with Crippen LogP contribution in [0.5, 0.6) is 11.5 Å². The lowest BCUT2D eigenvalue weighted by molar-refractivity contribution is 0.0625. The maximum Gasteiger partial charge on any atom is 0.343 e. The Hall–Kier alpha value is -2.33. The summed E-state index contributed by atoms with van der Waals surface area (Å²) in [6.45, 7) is 8.03. The van der Waals surface area contributed by atoms with E-state index in [-0.39, 0.29) is 12.1 Å². The number of rotatable bonds is 29. The van der Waals surface area contributed by atoms with Crippen LogP contribution in [0, 0.1) is 0 Å². The molecule has 0 amide bonds. The molecule has 0 fully saturated rings. The van der Waals surface area contributed by atoms with E-state index in [1.165, 1.54) is 128 Å². The second kappa shape index (κ2) is 26.8. The number of hydrogen-bond donors (Lipinski definition) is 0. The number of benzene rings is 2. The Kier molecular flexibility index (Phi) is 23.2. The summed E-state index contributed by atoms with van der Waals surface area (Å²) in [6, 6.07) is 15.0. The Labute approximate surface area is 277 Å². The first-order chi connectivity index (χ1) is 22.2. The van der Waals surface area contributed by atoms with E-state index in [4.69, 9.17) is 14.2 Å². The Morgan fingerprint density at radius 1 is 0.533 bits per heavy atom. The minimum absolute atomic E-state index is 0.00250. The number of carbonyl (C=O) groups is 1. The first-order valence-corrected chi connectivity index (χ1v) is 18.8. The first-order valence-electron chi connectivity index (χ1n) is 18.8. The normalized spacial score (nSPS) is 11.9. The number of ether oxygens (including phenoxy) is 3. The van der Waals surface area contributed by atoms with Gasteiger partial charge in [-0.05, 0) is 49.6 Å². The predicted octanol–water partition coefficient (Wildman–Crippen LogP) is 13.0. The molecule has 45 heavy (non-hydrogen) atoms. The van der Waals surface area contributed by atoms with Crippen LogP contribution in [-0.2, 0) is 4.74 Å². The van der Waals surface area contributed by atoms with Gasteiger partial charge in [0, 0.05) is 6.61 Å². The molecule has 0 aliphatic carbocycles. The highest BCUT2D eigenvalue weighted by Crippen LogP contribution is 2.28. The van der Waals surface area contributed by atoms with Gasteiger partial charge < -0.3 is 14.2 Å². The summed E-state index contributed by atoms with van der Waals surface area (Å²) in [4.78, 5) is 12.9. The number of unbranched alkanes of at least 4 members (excludes halogenated alkanes) is 20. The Morgan fingerprint density at radius 3 is 1.44 bits per heavy atom. The quantitative estimate of drug-likeness (QED) is 0.0514. The molecule has 4 nitrogen and oxygen atoms in total. The van der Waals surface area contributed by atoms with Gasteiger partial charge in [0.05, 0.1) is 18.3 Å². The molecule has 0 radical (unpaired) electrons. The van der Waals surface area contributed by atoms with E-state index in [1.54, 1.807) is 6.07 Å². The van der Waals surface area contributed by atoms with Gasteiger partial charge in [0.1, 0.15) is 0 Å². The van der Waals surface area contributed by atoms with Crippen molar-refractivity contribution in [3.05, 3.63) is 59.7 Å². The lowest BCUT2D eigenvalue weighted by Crippen LogP contribution is -2.10. The third-order valence-electron chi connectivity index (χ3n) is 8.79. The first kappa shape index (κ1) is 38.9. The van der Waals surface area contributed by atoms with Gasteiger partial charge in [-0.1, -0.05) is 167 Å². The highest BCUT2D eigenvalue weighted by atomic mass is 16.6. The zero-order valence-electron chi connectivity index (χ0n) is 29.3. The van der Waals surface area contributed by atoms with Crippen LogP contribution in [-0.4, -0.2) is 19.2 Å². The van der Waals surface area contributed by atoms with Gasteiger partial charge in [-0.15, -0.1) is 0 Å². The zero-order chi connectivity index (χ0) is 32.2. The summed E-state index contributed by atoms with van der Waals surface area (Å²) in [5.41, 5.74) is 1.60. The molecular formula is C41H66O4. The van der Waals surface area contributed by atoms with Crippen LogP contribution < -0.4 is 9.47 Å². The molecule has 0 bridgehead atoms. The average molecular weight is 623 g/mol. The fraction of sp³-hybridized carbons (Fsp3) is 0.683. The standard InChI is InChI=1S/C41H66O4/c1-4-6-8-10-12-14-16-17-19-20-22-26-34-43-36(3)37-30-32-38(33-31-37)41(42)45-40-29-25-24-28-39(40)44-35-27-23-21-18-15-13-11-9-7-5-2/h24-25,28-33,36H,4-23,26-27,34-35H2,1-3H3. The molecule has 2 aromatic carbocycles. The fourth-order valence-electron chi connectivity index (χ4n) is 5.77. The Bertz CT molecular complexity index is 970. The van der Waals surface area contributed by atoms with Gasteiger partial charge in [-0.25, -0.2) is 4.79 Å². The Morgan fingerprint density at radius 2 is 0.956 bits per heavy atom. The maximum absolute atomic E-state index is 12.9. The van der Waals surface area contributed by atoms with Crippen molar-refractivity contribution < 1.29 is 19.0 Å². The summed E-state index contributed by atoms with van der Waals surface area (Å²) in [5.74, 6) is 0.720. The smallest absolute Gasteiger partial charge is 0.343 e. The third kappa shape index (κ3) is 19.1. The highest BCUT2D eigenvalue weighted by Gasteiger charge is 2.14. The van der Waals surface area contributed by atoms with Gasteiger partial charge in [0.15, 0.2) is 11.5 Å². The molecule has 2 aromatic rings. The summed E-state index contributed by atoms with van der Waals surface area (Å²) in [5, 5.41) is 0. The predicted molar refractivity (Wildman–Crippen MR) is 191 cm³/mol. The van der Waals surface area contributed by atoms with Crippen molar-refractivity contribution in [2.75, 3.05) is 13.2 Å². The van der Waals surface area contributed by atoms with Gasteiger partial charge in [-0.2, -0.15) is 0 Å². The molecule has 0 spiro atoms. The van der Waals surface area contributed by atoms with Gasteiger partial charge in [0.25, 0.3) is 0 Å². The van der Waals surface area contributed by atoms with E-state index in [2.05, 4.69) is 20.8 Å². The lowest BCUT2D eigenvalue weighted by atomic mass is 10.1. The highest BCUT2D eigenvalue weighted by molar-refractivity contribution is 5.91. The molecule has 0 aliphatic heterocycles. The summed E-state index contributed by atoms with van der Waals surface area (Å²) < 4.78 is 17.8. The van der Waals surface area contributed by atoms with Crippen molar-refractivity contribution in [1.82, 2.24) is 0 Å². The molecule has 2 rings (SSSR count). The van der Waals surface area contributed by atoms with Crippen molar-refractivity contribution in [2.24, 2.45) is 0 Å². The zero-order valence-corrected chi connectivity index (χ0v) is 29.3. The van der Waals surface area contributed by atoms with Crippen LogP contribution in [0.15, 0.2) is 48.5 Å². The molecule has 0 heterocycles. The van der Waals surface area contributed by atoms with E-state index >= 15 is 0 Å². The van der Waals surface area contributed by atoms with Crippen molar-refractivity contribution in [1.29, 1.82) is 0 Å². The molecule has 1 unspecified atom stereocenters. The van der Waals surface area contributed by atoms with E-state index in [0.29, 0.717) is 23.7 Å². The molecule has 0 aliphatic rings. The monoisotopic (exact) mass is 622 g/mol. The van der Waals surface area contributed by atoms with Crippen molar-refractivity contribution >= 4 is 5.97 Å². The van der Waals surface area contributed by atoms with Gasteiger partial charge >= 0.3 is 5.97 Å². The summed E-state index contributed by atoms with van der Waals surface area (Å²) >= 11 is 0. The van der Waals surface area contributed by atoms with Crippen LogP contribution in [0.1, 0.15) is 184 Å². The van der Waals surface area contributed by atoms with E-state index in [9.17, 15) is 4.79 Å². The van der Waals surface area contributed by atoms with Crippen LogP contribution in [0.2, 0.25) is 0 Å². The molecule has 1 atom stereocenters. The topological polar surface area (TPSA) is 44.8 Å². The number of para-hydroxylation sites is 2. The van der Waals surface area contributed by atoms with Gasteiger partial charge in [0.2, 0.25) is 0 Å². The van der Waals surface area contributed by atoms with Crippen LogP contribution in [0.25, 0.3) is 0 Å². The van der Waals surface area contributed by atoms with E-state index in [1.807, 2.05) is 42.5 Å². The van der Waals surface area contributed by atoms with E-state index < -0.39 is 0 Å². The lowest BCUT2D eigenvalue weighted by Gasteiger charge is -2.14. The SMILES string of the molecule is CCCCCCCCCCCCCCOC(C)c1ccc(C(=O)Oc2ccccc2OCCCCCCCCCCCC)cc1. The van der Waals surface area contributed by atoms with Crippen molar-refractivity contribution in [3.63, 3.8) is 0 Å². The van der Waals surface area contributed by atoms with Gasteiger partial charge in [-0.3, -0.25) is 0 Å². The van der Waals surface area contributed by atoms with E-state index in [0.717, 1.165) is 25.0 Å². The molecule has 254 valence electrons. The number of esters is 1. The molecule has 0 saturated heterocycles. The minimum Gasteiger partial charge on any atom is -0.490 e. The molecule has 0 N–H and O–H groups in total. The third-order valence-corrected chi connectivity index (χ3v) is 8.79. The van der Waals surface area contributed by atoms with Crippen molar-refractivity contribution in [3.8, 4) is 11.5 Å². The summed E-state index contributed by atoms with van der Waals surface area (Å²) in [6.07, 6.45) is 29.0. The van der Waals surface area contributed by atoms with Crippen LogP contribution >= 0.6 is 0 Å². The molecular weight excluding hydrogens is 556 g/mol. The second-order valence-corrected chi connectivity index (χ2v) is 12.9. The maximum atomic E-state index is 12.9. The van der Waals surface area contributed by atoms with Crippen LogP contribution in [0.4, 0.5) is 0 Å². The molecule has 4 heteroatoms. The Balaban J connectivity index is 1.59.